The number of rotatable bonds is 4. The Morgan fingerprint density at radius 3 is 2.33 bits per heavy atom. The molecular formula is C20H20N2O2. The van der Waals surface area contributed by atoms with Gasteiger partial charge in [0.2, 0.25) is 0 Å². The largest absolute Gasteiger partial charge is 0.463 e. The fourth-order valence-corrected chi connectivity index (χ4v) is 2.81. The van der Waals surface area contributed by atoms with E-state index < -0.39 is 0 Å². The number of aliphatic imine (C=N–C) groups is 1. The highest BCUT2D eigenvalue weighted by Crippen LogP contribution is 2.34. The van der Waals surface area contributed by atoms with E-state index in [4.69, 9.17) is 4.74 Å². The Kier molecular flexibility index (Phi) is 4.75. The average molecular weight is 320 g/mol. The molecule has 1 atom stereocenters. The van der Waals surface area contributed by atoms with Gasteiger partial charge in [0.25, 0.3) is 0 Å². The Bertz CT molecular complexity index is 780. The predicted molar refractivity (Wildman–Crippen MR) is 95.4 cm³/mol. The molecule has 4 nitrogen and oxygen atoms in total. The summed E-state index contributed by atoms with van der Waals surface area (Å²) in [6, 6.07) is 19.2. The number of ether oxygens (including phenoxy) is 1. The fourth-order valence-electron chi connectivity index (χ4n) is 2.81. The maximum Gasteiger partial charge on any atom is 0.338 e. The summed E-state index contributed by atoms with van der Waals surface area (Å²) in [6.07, 6.45) is 0. The molecule has 0 fully saturated rings. The summed E-state index contributed by atoms with van der Waals surface area (Å²) in [5, 5.41) is 3.25. The van der Waals surface area contributed by atoms with Crippen molar-refractivity contribution >= 4 is 17.5 Å². The SMILES string of the molecule is CCOC(=O)C1=C(c2ccccc2)NC(C)=NC1c1ccccc1. The molecular weight excluding hydrogens is 300 g/mol. The molecule has 3 rings (SSSR count). The molecule has 0 saturated carbocycles. The van der Waals surface area contributed by atoms with Gasteiger partial charge in [0.05, 0.1) is 23.7 Å². The highest BCUT2D eigenvalue weighted by molar-refractivity contribution is 6.04. The Labute approximate surface area is 141 Å². The lowest BCUT2D eigenvalue weighted by atomic mass is 9.93. The van der Waals surface area contributed by atoms with Crippen LogP contribution in [0.3, 0.4) is 0 Å². The molecule has 1 aliphatic rings. The Morgan fingerprint density at radius 2 is 1.71 bits per heavy atom. The van der Waals surface area contributed by atoms with Crippen LogP contribution in [0.2, 0.25) is 0 Å². The standard InChI is InChI=1S/C20H20N2O2/c1-3-24-20(23)17-18(15-10-6-4-7-11-15)21-14(2)22-19(17)16-12-8-5-9-13-16/h4-13,18H,3H2,1-2H3,(H,21,22). The van der Waals surface area contributed by atoms with E-state index in [9.17, 15) is 4.79 Å². The number of nitrogens with zero attached hydrogens (tertiary/aromatic N) is 1. The van der Waals surface area contributed by atoms with Crippen LogP contribution in [-0.4, -0.2) is 18.4 Å². The number of carbonyl (C=O) groups excluding carboxylic acids is 1. The Hall–Kier alpha value is -2.88. The third kappa shape index (κ3) is 3.23. The number of esters is 1. The smallest absolute Gasteiger partial charge is 0.338 e. The van der Waals surface area contributed by atoms with E-state index in [1.54, 1.807) is 0 Å². The van der Waals surface area contributed by atoms with Crippen molar-refractivity contribution in [2.75, 3.05) is 6.61 Å². The van der Waals surface area contributed by atoms with Gasteiger partial charge < -0.3 is 10.1 Å². The van der Waals surface area contributed by atoms with Crippen LogP contribution in [-0.2, 0) is 9.53 Å². The van der Waals surface area contributed by atoms with E-state index in [0.717, 1.165) is 22.7 Å². The van der Waals surface area contributed by atoms with Crippen molar-refractivity contribution in [3.8, 4) is 0 Å². The second-order valence-corrected chi connectivity index (χ2v) is 5.53. The molecule has 0 spiro atoms. The molecule has 0 amide bonds. The molecule has 1 N–H and O–H groups in total. The fraction of sp³-hybridized carbons (Fsp3) is 0.200. The minimum atomic E-state index is -0.373. The molecule has 0 bridgehead atoms. The minimum absolute atomic E-state index is 0.328. The van der Waals surface area contributed by atoms with E-state index >= 15 is 0 Å². The van der Waals surface area contributed by atoms with Crippen LogP contribution in [0.4, 0.5) is 0 Å². The Morgan fingerprint density at radius 1 is 1.08 bits per heavy atom. The third-order valence-electron chi connectivity index (χ3n) is 3.84. The number of amidine groups is 1. The molecule has 4 heteroatoms. The number of hydrogen-bond donors (Lipinski definition) is 1. The van der Waals surface area contributed by atoms with E-state index in [2.05, 4.69) is 10.3 Å². The first kappa shape index (κ1) is 16.0. The normalized spacial score (nSPS) is 17.1. The highest BCUT2D eigenvalue weighted by atomic mass is 16.5. The molecule has 0 saturated heterocycles. The minimum Gasteiger partial charge on any atom is -0.463 e. The van der Waals surface area contributed by atoms with Crippen molar-refractivity contribution in [2.45, 2.75) is 19.9 Å². The molecule has 0 aliphatic carbocycles. The molecule has 1 unspecified atom stereocenters. The monoisotopic (exact) mass is 320 g/mol. The van der Waals surface area contributed by atoms with Gasteiger partial charge in [0, 0.05) is 0 Å². The van der Waals surface area contributed by atoms with Crippen molar-refractivity contribution in [1.82, 2.24) is 5.32 Å². The molecule has 1 heterocycles. The van der Waals surface area contributed by atoms with E-state index in [1.165, 1.54) is 0 Å². The van der Waals surface area contributed by atoms with Gasteiger partial charge in [-0.15, -0.1) is 0 Å². The molecule has 122 valence electrons. The zero-order chi connectivity index (χ0) is 16.9. The zero-order valence-electron chi connectivity index (χ0n) is 13.8. The second-order valence-electron chi connectivity index (χ2n) is 5.53. The summed E-state index contributed by atoms with van der Waals surface area (Å²) in [5.41, 5.74) is 3.21. The lowest BCUT2D eigenvalue weighted by Gasteiger charge is -2.26. The molecule has 0 aromatic heterocycles. The van der Waals surface area contributed by atoms with Gasteiger partial charge in [-0.05, 0) is 25.0 Å². The van der Waals surface area contributed by atoms with Crippen molar-refractivity contribution in [1.29, 1.82) is 0 Å². The molecule has 2 aromatic rings. The van der Waals surface area contributed by atoms with Gasteiger partial charge >= 0.3 is 5.97 Å². The van der Waals surface area contributed by atoms with Crippen LogP contribution in [0.25, 0.3) is 5.70 Å². The van der Waals surface area contributed by atoms with Gasteiger partial charge in [-0.25, -0.2) is 4.79 Å². The second kappa shape index (κ2) is 7.13. The summed E-state index contributed by atoms with van der Waals surface area (Å²) in [7, 11) is 0. The van der Waals surface area contributed by atoms with Crippen LogP contribution in [0.5, 0.6) is 0 Å². The van der Waals surface area contributed by atoms with Crippen molar-refractivity contribution in [3.05, 3.63) is 77.4 Å². The molecule has 0 radical (unpaired) electrons. The lowest BCUT2D eigenvalue weighted by molar-refractivity contribution is -0.138. The van der Waals surface area contributed by atoms with Crippen LogP contribution < -0.4 is 5.32 Å². The zero-order valence-corrected chi connectivity index (χ0v) is 13.8. The summed E-state index contributed by atoms with van der Waals surface area (Å²) < 4.78 is 5.31. The third-order valence-corrected chi connectivity index (χ3v) is 3.84. The van der Waals surface area contributed by atoms with Crippen molar-refractivity contribution in [3.63, 3.8) is 0 Å². The maximum absolute atomic E-state index is 12.7. The summed E-state index contributed by atoms with van der Waals surface area (Å²) >= 11 is 0. The van der Waals surface area contributed by atoms with Crippen molar-refractivity contribution in [2.24, 2.45) is 4.99 Å². The number of benzene rings is 2. The maximum atomic E-state index is 12.7. The Balaban J connectivity index is 2.16. The van der Waals surface area contributed by atoms with Gasteiger partial charge in [0.1, 0.15) is 6.04 Å². The number of nitrogens with one attached hydrogen (secondary N) is 1. The number of carbonyl (C=O) groups is 1. The van der Waals surface area contributed by atoms with E-state index in [-0.39, 0.29) is 12.0 Å². The first-order valence-corrected chi connectivity index (χ1v) is 8.03. The lowest BCUT2D eigenvalue weighted by Crippen LogP contribution is -2.30. The van der Waals surface area contributed by atoms with Crippen LogP contribution in [0.15, 0.2) is 71.2 Å². The molecule has 1 aliphatic heterocycles. The van der Waals surface area contributed by atoms with Gasteiger partial charge in [-0.2, -0.15) is 0 Å². The summed E-state index contributed by atoms with van der Waals surface area (Å²) in [4.78, 5) is 17.3. The molecule has 2 aromatic carbocycles. The van der Waals surface area contributed by atoms with Gasteiger partial charge in [-0.1, -0.05) is 60.7 Å². The summed E-state index contributed by atoms with van der Waals surface area (Å²) in [5.74, 6) is 0.435. The van der Waals surface area contributed by atoms with E-state index in [0.29, 0.717) is 12.2 Å². The number of hydrogen-bond acceptors (Lipinski definition) is 4. The van der Waals surface area contributed by atoms with Crippen LogP contribution in [0, 0.1) is 0 Å². The quantitative estimate of drug-likeness (QED) is 0.874. The van der Waals surface area contributed by atoms with Gasteiger partial charge in [0.15, 0.2) is 0 Å². The van der Waals surface area contributed by atoms with E-state index in [1.807, 2.05) is 74.5 Å². The summed E-state index contributed by atoms with van der Waals surface area (Å²) in [6.45, 7) is 4.04. The predicted octanol–water partition coefficient (Wildman–Crippen LogP) is 3.72. The first-order chi connectivity index (χ1) is 11.7. The van der Waals surface area contributed by atoms with Crippen LogP contribution in [0.1, 0.15) is 31.0 Å². The van der Waals surface area contributed by atoms with Crippen molar-refractivity contribution < 1.29 is 9.53 Å². The molecule has 24 heavy (non-hydrogen) atoms. The van der Waals surface area contributed by atoms with Crippen LogP contribution >= 0.6 is 0 Å². The average Bonchev–Trinajstić information content (AvgIpc) is 2.62. The first-order valence-electron chi connectivity index (χ1n) is 8.03. The topological polar surface area (TPSA) is 50.7 Å². The van der Waals surface area contributed by atoms with Gasteiger partial charge in [-0.3, -0.25) is 4.99 Å². The highest BCUT2D eigenvalue weighted by Gasteiger charge is 2.31.